The molecule has 96 valence electrons. The Labute approximate surface area is 98.7 Å². The van der Waals surface area contributed by atoms with Crippen LogP contribution in [0.3, 0.4) is 0 Å². The molecular formula is C12H25NO3. The normalized spacial score (nSPS) is 10.8. The minimum atomic E-state index is 0.0447. The van der Waals surface area contributed by atoms with Crippen molar-refractivity contribution < 1.29 is 14.3 Å². The van der Waals surface area contributed by atoms with Crippen molar-refractivity contribution in [3.05, 3.63) is 0 Å². The highest BCUT2D eigenvalue weighted by Crippen LogP contribution is 1.98. The molecule has 0 saturated carbocycles. The van der Waals surface area contributed by atoms with Crippen LogP contribution in [0, 0.1) is 5.92 Å². The lowest BCUT2D eigenvalue weighted by Gasteiger charge is -2.07. The van der Waals surface area contributed by atoms with E-state index in [1.165, 1.54) is 0 Å². The number of ether oxygens (including phenoxy) is 2. The van der Waals surface area contributed by atoms with Crippen LogP contribution in [0.15, 0.2) is 0 Å². The van der Waals surface area contributed by atoms with Crippen LogP contribution in [0.5, 0.6) is 0 Å². The maximum Gasteiger partial charge on any atom is 0.222 e. The number of nitrogens with one attached hydrogen (secondary N) is 1. The Morgan fingerprint density at radius 2 is 1.75 bits per heavy atom. The lowest BCUT2D eigenvalue weighted by atomic mass is 10.1. The average Bonchev–Trinajstić information content (AvgIpc) is 2.22. The molecular weight excluding hydrogens is 206 g/mol. The van der Waals surface area contributed by atoms with Crippen molar-refractivity contribution in [2.75, 3.05) is 33.0 Å². The second-order valence-corrected chi connectivity index (χ2v) is 4.11. The lowest BCUT2D eigenvalue weighted by molar-refractivity contribution is -0.122. The molecule has 0 heterocycles. The molecule has 0 aromatic heterocycles. The lowest BCUT2D eigenvalue weighted by Crippen LogP contribution is -2.24. The van der Waals surface area contributed by atoms with Crippen LogP contribution < -0.4 is 5.32 Å². The summed E-state index contributed by atoms with van der Waals surface area (Å²) in [7, 11) is 0. The van der Waals surface area contributed by atoms with Crippen LogP contribution in [0.4, 0.5) is 0 Å². The van der Waals surface area contributed by atoms with Gasteiger partial charge in [0.15, 0.2) is 0 Å². The zero-order chi connectivity index (χ0) is 12.2. The maximum atomic E-state index is 11.0. The zero-order valence-electron chi connectivity index (χ0n) is 10.8. The van der Waals surface area contributed by atoms with Gasteiger partial charge in [-0.05, 0) is 19.3 Å². The Balaban J connectivity index is 3.07. The molecule has 0 fully saturated rings. The fraction of sp³-hybridized carbons (Fsp3) is 0.917. The van der Waals surface area contributed by atoms with Gasteiger partial charge in [0, 0.05) is 19.6 Å². The first kappa shape index (κ1) is 15.4. The van der Waals surface area contributed by atoms with Crippen LogP contribution in [0.2, 0.25) is 0 Å². The molecule has 0 aliphatic heterocycles. The molecule has 1 N–H and O–H groups in total. The summed E-state index contributed by atoms with van der Waals surface area (Å²) in [5.74, 6) is 0.724. The Bertz CT molecular complexity index is 172. The van der Waals surface area contributed by atoms with Crippen LogP contribution in [-0.2, 0) is 14.3 Å². The van der Waals surface area contributed by atoms with Gasteiger partial charge in [-0.3, -0.25) is 4.79 Å². The van der Waals surface area contributed by atoms with Crippen LogP contribution in [0.25, 0.3) is 0 Å². The summed E-state index contributed by atoms with van der Waals surface area (Å²) in [6.07, 6.45) is 1.51. The second-order valence-electron chi connectivity index (χ2n) is 4.11. The van der Waals surface area contributed by atoms with Crippen molar-refractivity contribution in [2.24, 2.45) is 5.92 Å². The summed E-state index contributed by atoms with van der Waals surface area (Å²) in [4.78, 5) is 11.0. The Morgan fingerprint density at radius 3 is 2.31 bits per heavy atom. The molecule has 4 nitrogen and oxygen atoms in total. The van der Waals surface area contributed by atoms with Gasteiger partial charge in [0.05, 0.1) is 19.8 Å². The van der Waals surface area contributed by atoms with Gasteiger partial charge in [0.1, 0.15) is 0 Å². The van der Waals surface area contributed by atoms with Gasteiger partial charge < -0.3 is 14.8 Å². The van der Waals surface area contributed by atoms with Gasteiger partial charge in [-0.1, -0.05) is 13.8 Å². The fourth-order valence-electron chi connectivity index (χ4n) is 1.09. The van der Waals surface area contributed by atoms with Crippen LogP contribution in [0.1, 0.15) is 33.6 Å². The maximum absolute atomic E-state index is 11.0. The van der Waals surface area contributed by atoms with Gasteiger partial charge in [-0.2, -0.15) is 0 Å². The monoisotopic (exact) mass is 231 g/mol. The van der Waals surface area contributed by atoms with Crippen LogP contribution >= 0.6 is 0 Å². The summed E-state index contributed by atoms with van der Waals surface area (Å²) >= 11 is 0. The standard InChI is InChI=1S/C12H25NO3/c1-4-13-12(14)6-8-16-10-9-15-7-5-11(2)3/h11H,4-10H2,1-3H3,(H,13,14). The predicted octanol–water partition coefficient (Wildman–Crippen LogP) is 1.59. The smallest absolute Gasteiger partial charge is 0.222 e. The number of hydrogen-bond acceptors (Lipinski definition) is 3. The highest BCUT2D eigenvalue weighted by atomic mass is 16.5. The molecule has 4 heteroatoms. The van der Waals surface area contributed by atoms with E-state index in [4.69, 9.17) is 9.47 Å². The van der Waals surface area contributed by atoms with Crippen molar-refractivity contribution in [2.45, 2.75) is 33.6 Å². The number of hydrogen-bond donors (Lipinski definition) is 1. The molecule has 0 aromatic rings. The van der Waals surface area contributed by atoms with Gasteiger partial charge >= 0.3 is 0 Å². The van der Waals surface area contributed by atoms with Gasteiger partial charge in [-0.25, -0.2) is 0 Å². The van der Waals surface area contributed by atoms with Gasteiger partial charge in [-0.15, -0.1) is 0 Å². The third-order valence-corrected chi connectivity index (χ3v) is 2.06. The van der Waals surface area contributed by atoms with E-state index in [0.29, 0.717) is 38.7 Å². The van der Waals surface area contributed by atoms with Gasteiger partial charge in [0.25, 0.3) is 0 Å². The number of amides is 1. The van der Waals surface area contributed by atoms with E-state index in [1.54, 1.807) is 0 Å². The summed E-state index contributed by atoms with van der Waals surface area (Å²) in [5, 5.41) is 2.72. The third-order valence-electron chi connectivity index (χ3n) is 2.06. The highest BCUT2D eigenvalue weighted by molar-refractivity contribution is 5.75. The predicted molar refractivity (Wildman–Crippen MR) is 64.4 cm³/mol. The molecule has 0 rings (SSSR count). The first-order chi connectivity index (χ1) is 7.66. The molecule has 0 aliphatic carbocycles. The Hall–Kier alpha value is -0.610. The quantitative estimate of drug-likeness (QED) is 0.581. The van der Waals surface area contributed by atoms with E-state index in [0.717, 1.165) is 13.0 Å². The molecule has 0 radical (unpaired) electrons. The first-order valence-electron chi connectivity index (χ1n) is 6.09. The highest BCUT2D eigenvalue weighted by Gasteiger charge is 1.98. The summed E-state index contributed by atoms with van der Waals surface area (Å²) in [5.41, 5.74) is 0. The Kier molecular flexibility index (Phi) is 10.5. The Morgan fingerprint density at radius 1 is 1.12 bits per heavy atom. The molecule has 0 spiro atoms. The molecule has 16 heavy (non-hydrogen) atoms. The van der Waals surface area contributed by atoms with Gasteiger partial charge in [0.2, 0.25) is 5.91 Å². The van der Waals surface area contributed by atoms with Crippen molar-refractivity contribution in [3.63, 3.8) is 0 Å². The summed E-state index contributed by atoms with van der Waals surface area (Å²) in [6, 6.07) is 0. The van der Waals surface area contributed by atoms with Crippen molar-refractivity contribution in [3.8, 4) is 0 Å². The van der Waals surface area contributed by atoms with E-state index in [1.807, 2.05) is 6.92 Å². The largest absolute Gasteiger partial charge is 0.379 e. The van der Waals surface area contributed by atoms with E-state index < -0.39 is 0 Å². The first-order valence-corrected chi connectivity index (χ1v) is 6.09. The van der Waals surface area contributed by atoms with Crippen molar-refractivity contribution >= 4 is 5.91 Å². The summed E-state index contributed by atoms with van der Waals surface area (Å²) < 4.78 is 10.6. The number of carbonyl (C=O) groups excluding carboxylic acids is 1. The van der Waals surface area contributed by atoms with E-state index in [9.17, 15) is 4.79 Å². The number of rotatable bonds is 10. The zero-order valence-corrected chi connectivity index (χ0v) is 10.8. The topological polar surface area (TPSA) is 47.6 Å². The number of carbonyl (C=O) groups is 1. The third kappa shape index (κ3) is 11.5. The van der Waals surface area contributed by atoms with E-state index in [-0.39, 0.29) is 5.91 Å². The minimum Gasteiger partial charge on any atom is -0.379 e. The van der Waals surface area contributed by atoms with Crippen molar-refractivity contribution in [1.82, 2.24) is 5.32 Å². The molecule has 0 aliphatic rings. The molecule has 0 atom stereocenters. The molecule has 0 bridgehead atoms. The second kappa shape index (κ2) is 10.9. The molecule has 0 saturated heterocycles. The average molecular weight is 231 g/mol. The fourth-order valence-corrected chi connectivity index (χ4v) is 1.09. The SMILES string of the molecule is CCNC(=O)CCOCCOCCC(C)C. The summed E-state index contributed by atoms with van der Waals surface area (Å²) in [6.45, 7) is 9.37. The van der Waals surface area contributed by atoms with Crippen LogP contribution in [-0.4, -0.2) is 38.9 Å². The minimum absolute atomic E-state index is 0.0447. The van der Waals surface area contributed by atoms with Crippen molar-refractivity contribution in [1.29, 1.82) is 0 Å². The molecule has 0 aromatic carbocycles. The van der Waals surface area contributed by atoms with E-state index in [2.05, 4.69) is 19.2 Å². The molecule has 1 amide bonds. The van der Waals surface area contributed by atoms with E-state index >= 15 is 0 Å². The molecule has 0 unspecified atom stereocenters.